The molecule has 0 amide bonds. The highest BCUT2D eigenvalue weighted by Gasteiger charge is 2.07. The van der Waals surface area contributed by atoms with Crippen LogP contribution in [-0.4, -0.2) is 5.11 Å². The molecule has 0 bridgehead atoms. The number of aliphatic hydroxyl groups excluding tert-OH is 1. The van der Waals surface area contributed by atoms with Gasteiger partial charge in [-0.2, -0.15) is 0 Å². The molecule has 3 heteroatoms. The van der Waals surface area contributed by atoms with E-state index in [4.69, 9.17) is 11.6 Å². The summed E-state index contributed by atoms with van der Waals surface area (Å²) in [6.45, 7) is 3.80. The van der Waals surface area contributed by atoms with Crippen LogP contribution in [0.25, 0.3) is 0 Å². The summed E-state index contributed by atoms with van der Waals surface area (Å²) in [5, 5.41) is 10.2. The highest BCUT2D eigenvalue weighted by molar-refractivity contribution is 7.99. The van der Waals surface area contributed by atoms with Crippen molar-refractivity contribution >= 4 is 23.4 Å². The summed E-state index contributed by atoms with van der Waals surface area (Å²) in [4.78, 5) is 2.16. The van der Waals surface area contributed by atoms with Gasteiger partial charge in [0.1, 0.15) is 0 Å². The summed E-state index contributed by atoms with van der Waals surface area (Å²) in [5.74, 6) is 0. The molecule has 1 unspecified atom stereocenters. The van der Waals surface area contributed by atoms with Crippen molar-refractivity contribution in [3.8, 4) is 0 Å². The van der Waals surface area contributed by atoms with Gasteiger partial charge < -0.3 is 5.11 Å². The van der Waals surface area contributed by atoms with Crippen molar-refractivity contribution in [3.63, 3.8) is 0 Å². The molecule has 0 heterocycles. The van der Waals surface area contributed by atoms with Gasteiger partial charge in [-0.25, -0.2) is 0 Å². The molecule has 0 fully saturated rings. The molecule has 0 saturated carbocycles. The first-order valence-electron chi connectivity index (χ1n) is 5.78. The quantitative estimate of drug-likeness (QED) is 0.866. The first kappa shape index (κ1) is 13.5. The standard InChI is InChI=1S/C15H15ClOS/c1-10-3-6-13(7-4-10)18-15-8-5-12(11(2)17)9-14(15)16/h3-9,11,17H,1-2H3. The van der Waals surface area contributed by atoms with Gasteiger partial charge in [0.2, 0.25) is 0 Å². The van der Waals surface area contributed by atoms with E-state index < -0.39 is 6.10 Å². The van der Waals surface area contributed by atoms with Crippen LogP contribution in [0, 0.1) is 6.92 Å². The smallest absolute Gasteiger partial charge is 0.0762 e. The van der Waals surface area contributed by atoms with E-state index in [1.54, 1.807) is 18.7 Å². The molecule has 0 aromatic heterocycles. The summed E-state index contributed by atoms with van der Waals surface area (Å²) < 4.78 is 0. The SMILES string of the molecule is Cc1ccc(Sc2ccc(C(C)O)cc2Cl)cc1. The fraction of sp³-hybridized carbons (Fsp3) is 0.200. The molecule has 2 aromatic carbocycles. The largest absolute Gasteiger partial charge is 0.389 e. The van der Waals surface area contributed by atoms with Gasteiger partial charge in [-0.05, 0) is 43.7 Å². The zero-order valence-corrected chi connectivity index (χ0v) is 11.9. The first-order valence-corrected chi connectivity index (χ1v) is 6.98. The van der Waals surface area contributed by atoms with Crippen molar-refractivity contribution in [1.29, 1.82) is 0 Å². The van der Waals surface area contributed by atoms with Crippen LogP contribution in [0.1, 0.15) is 24.2 Å². The van der Waals surface area contributed by atoms with Gasteiger partial charge >= 0.3 is 0 Å². The Balaban J connectivity index is 2.22. The third-order valence-electron chi connectivity index (χ3n) is 2.69. The second-order valence-electron chi connectivity index (χ2n) is 4.28. The summed E-state index contributed by atoms with van der Waals surface area (Å²) in [6, 6.07) is 14.0. The second kappa shape index (κ2) is 5.79. The molecule has 94 valence electrons. The van der Waals surface area contributed by atoms with Gasteiger partial charge in [0.25, 0.3) is 0 Å². The Kier molecular flexibility index (Phi) is 4.33. The number of hydrogen-bond donors (Lipinski definition) is 1. The molecule has 2 rings (SSSR count). The van der Waals surface area contributed by atoms with Crippen molar-refractivity contribution in [2.24, 2.45) is 0 Å². The molecule has 0 saturated heterocycles. The lowest BCUT2D eigenvalue weighted by Gasteiger charge is -2.09. The predicted octanol–water partition coefficient (Wildman–Crippen LogP) is 4.85. The summed E-state index contributed by atoms with van der Waals surface area (Å²) >= 11 is 7.85. The third kappa shape index (κ3) is 3.29. The molecule has 0 radical (unpaired) electrons. The van der Waals surface area contributed by atoms with Crippen molar-refractivity contribution in [2.45, 2.75) is 29.7 Å². The van der Waals surface area contributed by atoms with Crippen molar-refractivity contribution in [1.82, 2.24) is 0 Å². The van der Waals surface area contributed by atoms with E-state index in [-0.39, 0.29) is 0 Å². The zero-order valence-electron chi connectivity index (χ0n) is 10.4. The lowest BCUT2D eigenvalue weighted by molar-refractivity contribution is 0.199. The van der Waals surface area contributed by atoms with Crippen molar-refractivity contribution in [2.75, 3.05) is 0 Å². The Labute approximate surface area is 117 Å². The van der Waals surface area contributed by atoms with E-state index in [0.717, 1.165) is 15.4 Å². The number of aliphatic hydroxyl groups is 1. The molecule has 0 aliphatic rings. The minimum atomic E-state index is -0.485. The number of halogens is 1. The number of hydrogen-bond acceptors (Lipinski definition) is 2. The molecular weight excluding hydrogens is 264 g/mol. The highest BCUT2D eigenvalue weighted by atomic mass is 35.5. The molecule has 1 N–H and O–H groups in total. The number of aryl methyl sites for hydroxylation is 1. The summed E-state index contributed by atoms with van der Waals surface area (Å²) in [7, 11) is 0. The van der Waals surface area contributed by atoms with E-state index in [9.17, 15) is 5.11 Å². The van der Waals surface area contributed by atoms with E-state index in [2.05, 4.69) is 31.2 Å². The average Bonchev–Trinajstić information content (AvgIpc) is 2.34. The fourth-order valence-corrected chi connectivity index (χ4v) is 2.72. The van der Waals surface area contributed by atoms with E-state index in [1.807, 2.05) is 18.2 Å². The summed E-state index contributed by atoms with van der Waals surface area (Å²) in [6.07, 6.45) is -0.485. The van der Waals surface area contributed by atoms with Crippen molar-refractivity contribution < 1.29 is 5.11 Å². The second-order valence-corrected chi connectivity index (χ2v) is 5.80. The van der Waals surface area contributed by atoms with Crippen molar-refractivity contribution in [3.05, 3.63) is 58.6 Å². The molecule has 1 nitrogen and oxygen atoms in total. The first-order chi connectivity index (χ1) is 8.56. The Bertz CT molecular complexity index is 535. The normalized spacial score (nSPS) is 12.4. The number of rotatable bonds is 3. The highest BCUT2D eigenvalue weighted by Crippen LogP contribution is 2.34. The van der Waals surface area contributed by atoms with Crippen LogP contribution in [0.3, 0.4) is 0 Å². The van der Waals surface area contributed by atoms with Crippen LogP contribution in [0.2, 0.25) is 5.02 Å². The van der Waals surface area contributed by atoms with Crippen LogP contribution >= 0.6 is 23.4 Å². The van der Waals surface area contributed by atoms with E-state index in [0.29, 0.717) is 5.02 Å². The average molecular weight is 279 g/mol. The van der Waals surface area contributed by atoms with Crippen LogP contribution in [0.4, 0.5) is 0 Å². The molecule has 18 heavy (non-hydrogen) atoms. The minimum absolute atomic E-state index is 0.485. The minimum Gasteiger partial charge on any atom is -0.389 e. The maximum atomic E-state index is 9.49. The molecule has 0 spiro atoms. The Morgan fingerprint density at radius 1 is 1.11 bits per heavy atom. The van der Waals surface area contributed by atoms with Crippen LogP contribution in [0.5, 0.6) is 0 Å². The predicted molar refractivity (Wildman–Crippen MR) is 77.4 cm³/mol. The van der Waals surface area contributed by atoms with E-state index in [1.165, 1.54) is 5.56 Å². The monoisotopic (exact) mass is 278 g/mol. The van der Waals surface area contributed by atoms with Crippen LogP contribution < -0.4 is 0 Å². The topological polar surface area (TPSA) is 20.2 Å². The van der Waals surface area contributed by atoms with Crippen LogP contribution in [0.15, 0.2) is 52.3 Å². The maximum Gasteiger partial charge on any atom is 0.0762 e. The number of benzene rings is 2. The molecular formula is C15H15ClOS. The summed E-state index contributed by atoms with van der Waals surface area (Å²) in [5.41, 5.74) is 2.09. The van der Waals surface area contributed by atoms with Gasteiger partial charge in [0.05, 0.1) is 11.1 Å². The van der Waals surface area contributed by atoms with Gasteiger partial charge in [-0.3, -0.25) is 0 Å². The van der Waals surface area contributed by atoms with Gasteiger partial charge in [0.15, 0.2) is 0 Å². The maximum absolute atomic E-state index is 9.49. The lowest BCUT2D eigenvalue weighted by Crippen LogP contribution is -1.90. The van der Waals surface area contributed by atoms with Gasteiger partial charge in [0, 0.05) is 9.79 Å². The molecule has 0 aliphatic heterocycles. The Morgan fingerprint density at radius 2 is 1.78 bits per heavy atom. The lowest BCUT2D eigenvalue weighted by atomic mass is 10.1. The zero-order chi connectivity index (χ0) is 13.1. The van der Waals surface area contributed by atoms with Gasteiger partial charge in [-0.1, -0.05) is 47.1 Å². The molecule has 2 aromatic rings. The molecule has 1 atom stereocenters. The van der Waals surface area contributed by atoms with E-state index >= 15 is 0 Å². The fourth-order valence-electron chi connectivity index (χ4n) is 1.59. The molecule has 0 aliphatic carbocycles. The van der Waals surface area contributed by atoms with Crippen LogP contribution in [-0.2, 0) is 0 Å². The third-order valence-corrected chi connectivity index (χ3v) is 4.20. The Hall–Kier alpha value is -0.960. The van der Waals surface area contributed by atoms with Gasteiger partial charge in [-0.15, -0.1) is 0 Å². The Morgan fingerprint density at radius 3 is 2.33 bits per heavy atom.